The maximum absolute atomic E-state index is 5.20. The van der Waals surface area contributed by atoms with E-state index in [-0.39, 0.29) is 5.41 Å². The smallest absolute Gasteiger partial charge is 0.164 e. The van der Waals surface area contributed by atoms with Crippen LogP contribution < -0.4 is 0 Å². The number of benzene rings is 8. The SMILES string of the molecule is CC1(C)c2ccccc2-c2c(-c3nc(-c4ccccc4)nc(-c4ccc(-c5cccc(-c6cccc(-c7cccc8c7sc7ccccc78)c6)c5)cc4)n3)cccc21. The minimum Gasteiger partial charge on any atom is -0.208 e. The molecule has 0 spiro atoms. The molecule has 0 fully saturated rings. The molecule has 0 atom stereocenters. The van der Waals surface area contributed by atoms with Crippen molar-refractivity contribution in [3.63, 3.8) is 0 Å². The molecule has 2 aromatic heterocycles. The first-order valence-corrected chi connectivity index (χ1v) is 20.6. The Kier molecular flexibility index (Phi) is 8.02. The summed E-state index contributed by atoms with van der Waals surface area (Å²) in [6.45, 7) is 4.61. The number of fused-ring (bicyclic) bond motifs is 6. The van der Waals surface area contributed by atoms with Gasteiger partial charge < -0.3 is 0 Å². The third kappa shape index (κ3) is 5.68. The van der Waals surface area contributed by atoms with Gasteiger partial charge in [-0.2, -0.15) is 0 Å². The van der Waals surface area contributed by atoms with Crippen LogP contribution in [0.15, 0.2) is 188 Å². The minimum atomic E-state index is -0.121. The summed E-state index contributed by atoms with van der Waals surface area (Å²) >= 11 is 1.87. The number of hydrogen-bond donors (Lipinski definition) is 0. The van der Waals surface area contributed by atoms with E-state index in [4.69, 9.17) is 15.0 Å². The lowest BCUT2D eigenvalue weighted by molar-refractivity contribution is 0.660. The van der Waals surface area contributed by atoms with E-state index in [9.17, 15) is 0 Å². The van der Waals surface area contributed by atoms with Gasteiger partial charge >= 0.3 is 0 Å². The van der Waals surface area contributed by atoms with Gasteiger partial charge in [-0.15, -0.1) is 11.3 Å². The predicted molar refractivity (Wildman–Crippen MR) is 243 cm³/mol. The molecule has 1 aliphatic carbocycles. The second kappa shape index (κ2) is 13.6. The molecule has 274 valence electrons. The Hall–Kier alpha value is -7.01. The van der Waals surface area contributed by atoms with Gasteiger partial charge in [0.25, 0.3) is 0 Å². The van der Waals surface area contributed by atoms with Gasteiger partial charge in [-0.25, -0.2) is 15.0 Å². The van der Waals surface area contributed by atoms with Crippen molar-refractivity contribution in [2.24, 2.45) is 0 Å². The van der Waals surface area contributed by atoms with Crippen molar-refractivity contribution in [3.8, 4) is 78.7 Å². The molecule has 0 saturated carbocycles. The highest BCUT2D eigenvalue weighted by atomic mass is 32.1. The van der Waals surface area contributed by atoms with Crippen LogP contribution in [0.5, 0.6) is 0 Å². The van der Waals surface area contributed by atoms with Crippen LogP contribution >= 0.6 is 11.3 Å². The highest BCUT2D eigenvalue weighted by molar-refractivity contribution is 7.26. The Balaban J connectivity index is 0.955. The molecule has 0 unspecified atom stereocenters. The van der Waals surface area contributed by atoms with Gasteiger partial charge in [0.05, 0.1) is 0 Å². The van der Waals surface area contributed by atoms with Crippen LogP contribution in [-0.4, -0.2) is 15.0 Å². The van der Waals surface area contributed by atoms with Crippen molar-refractivity contribution in [3.05, 3.63) is 199 Å². The fourth-order valence-corrected chi connectivity index (χ4v) is 10.1. The summed E-state index contributed by atoms with van der Waals surface area (Å²) < 4.78 is 2.65. The monoisotopic (exact) mass is 759 g/mol. The molecule has 0 radical (unpaired) electrons. The van der Waals surface area contributed by atoms with Crippen LogP contribution in [-0.2, 0) is 5.41 Å². The Bertz CT molecular complexity index is 3200. The lowest BCUT2D eigenvalue weighted by Crippen LogP contribution is -2.14. The highest BCUT2D eigenvalue weighted by Gasteiger charge is 2.37. The van der Waals surface area contributed by atoms with Crippen LogP contribution in [0.25, 0.3) is 98.8 Å². The van der Waals surface area contributed by atoms with E-state index in [1.807, 2.05) is 29.5 Å². The zero-order valence-electron chi connectivity index (χ0n) is 32.1. The molecule has 58 heavy (non-hydrogen) atoms. The van der Waals surface area contributed by atoms with Gasteiger partial charge in [0, 0.05) is 42.3 Å². The summed E-state index contributed by atoms with van der Waals surface area (Å²) in [5, 5.41) is 2.64. The largest absolute Gasteiger partial charge is 0.208 e. The molecule has 1 aliphatic rings. The first-order valence-electron chi connectivity index (χ1n) is 19.8. The molecule has 3 nitrogen and oxygen atoms in total. The van der Waals surface area contributed by atoms with Crippen molar-refractivity contribution in [2.75, 3.05) is 0 Å². The molecule has 11 rings (SSSR count). The summed E-state index contributed by atoms with van der Waals surface area (Å²) in [5.74, 6) is 1.99. The van der Waals surface area contributed by atoms with Gasteiger partial charge in [0.1, 0.15) is 0 Å². The number of aromatic nitrogens is 3. The van der Waals surface area contributed by atoms with Crippen molar-refractivity contribution < 1.29 is 0 Å². The van der Waals surface area contributed by atoms with Gasteiger partial charge in [-0.05, 0) is 73.8 Å². The molecular weight excluding hydrogens is 723 g/mol. The molecular formula is C54H37N3S. The Labute approximate surface area is 342 Å². The zero-order chi connectivity index (χ0) is 38.8. The maximum atomic E-state index is 5.20. The van der Waals surface area contributed by atoms with Crippen LogP contribution in [0.2, 0.25) is 0 Å². The van der Waals surface area contributed by atoms with E-state index in [1.54, 1.807) is 0 Å². The standard InChI is InChI=1S/C54H37N3S/c1-54(2)46-25-8-6-21-44(46)49-45(24-13-26-47(49)54)53-56-51(35-14-4-3-5-15-35)55-52(57-53)36-30-28-34(29-31-36)37-16-10-17-38(32-37)39-18-11-19-40(33-39)41-22-12-23-43-42-20-7-9-27-48(42)58-50(41)43/h3-33H,1-2H3. The predicted octanol–water partition coefficient (Wildman–Crippen LogP) is 14.5. The maximum Gasteiger partial charge on any atom is 0.164 e. The summed E-state index contributed by atoms with van der Waals surface area (Å²) in [5.41, 5.74) is 15.0. The van der Waals surface area contributed by atoms with Crippen LogP contribution in [0, 0.1) is 0 Å². The molecule has 0 aliphatic heterocycles. The van der Waals surface area contributed by atoms with Crippen molar-refractivity contribution >= 4 is 31.5 Å². The quantitative estimate of drug-likeness (QED) is 0.169. The van der Waals surface area contributed by atoms with Crippen LogP contribution in [0.1, 0.15) is 25.0 Å². The van der Waals surface area contributed by atoms with Crippen LogP contribution in [0.3, 0.4) is 0 Å². The fraction of sp³-hybridized carbons (Fsp3) is 0.0556. The Morgan fingerprint density at radius 2 is 0.862 bits per heavy atom. The molecule has 4 heteroatoms. The van der Waals surface area contributed by atoms with Crippen molar-refractivity contribution in [1.82, 2.24) is 15.0 Å². The summed E-state index contributed by atoms with van der Waals surface area (Å²) in [6.07, 6.45) is 0. The van der Waals surface area contributed by atoms with E-state index >= 15 is 0 Å². The average molecular weight is 760 g/mol. The highest BCUT2D eigenvalue weighted by Crippen LogP contribution is 2.51. The normalized spacial score (nSPS) is 12.8. The topological polar surface area (TPSA) is 38.7 Å². The number of rotatable bonds is 6. The second-order valence-corrected chi connectivity index (χ2v) is 16.6. The van der Waals surface area contributed by atoms with Gasteiger partial charge in [0.2, 0.25) is 0 Å². The number of nitrogens with zero attached hydrogens (tertiary/aromatic N) is 3. The summed E-state index contributed by atoms with van der Waals surface area (Å²) in [7, 11) is 0. The summed E-state index contributed by atoms with van der Waals surface area (Å²) in [6, 6.07) is 67.2. The fourth-order valence-electron chi connectivity index (χ4n) is 8.81. The van der Waals surface area contributed by atoms with E-state index in [0.29, 0.717) is 17.5 Å². The molecule has 8 aromatic carbocycles. The number of hydrogen-bond acceptors (Lipinski definition) is 4. The lowest BCUT2D eigenvalue weighted by atomic mass is 9.82. The van der Waals surface area contributed by atoms with E-state index in [0.717, 1.165) is 27.8 Å². The van der Waals surface area contributed by atoms with Crippen molar-refractivity contribution in [2.45, 2.75) is 19.3 Å². The molecule has 0 bridgehead atoms. The first kappa shape index (κ1) is 34.3. The Morgan fingerprint density at radius 3 is 1.66 bits per heavy atom. The Morgan fingerprint density at radius 1 is 0.362 bits per heavy atom. The lowest BCUT2D eigenvalue weighted by Gasteiger charge is -2.21. The third-order valence-electron chi connectivity index (χ3n) is 11.8. The first-order chi connectivity index (χ1) is 28.5. The summed E-state index contributed by atoms with van der Waals surface area (Å²) in [4.78, 5) is 15.4. The minimum absolute atomic E-state index is 0.121. The number of thiophene rings is 1. The van der Waals surface area contributed by atoms with Gasteiger partial charge in [-0.1, -0.05) is 184 Å². The van der Waals surface area contributed by atoms with E-state index in [1.165, 1.54) is 64.7 Å². The molecule has 2 heterocycles. The van der Waals surface area contributed by atoms with Crippen LogP contribution in [0.4, 0.5) is 0 Å². The molecule has 0 N–H and O–H groups in total. The van der Waals surface area contributed by atoms with Crippen molar-refractivity contribution in [1.29, 1.82) is 0 Å². The third-order valence-corrected chi connectivity index (χ3v) is 13.0. The van der Waals surface area contributed by atoms with Gasteiger partial charge in [-0.3, -0.25) is 0 Å². The second-order valence-electron chi connectivity index (χ2n) is 15.6. The average Bonchev–Trinajstić information content (AvgIpc) is 3.79. The van der Waals surface area contributed by atoms with E-state index in [2.05, 4.69) is 184 Å². The molecule has 0 amide bonds. The van der Waals surface area contributed by atoms with E-state index < -0.39 is 0 Å². The van der Waals surface area contributed by atoms with Gasteiger partial charge in [0.15, 0.2) is 17.5 Å². The zero-order valence-corrected chi connectivity index (χ0v) is 33.0. The molecule has 0 saturated heterocycles. The molecule has 10 aromatic rings.